The molecule has 0 saturated carbocycles. The van der Waals surface area contributed by atoms with Crippen molar-refractivity contribution in [3.8, 4) is 17.2 Å². The molecule has 1 aromatic heterocycles. The number of hydrogen-bond donors (Lipinski definition) is 1. The number of aryl methyl sites for hydroxylation is 1. The van der Waals surface area contributed by atoms with Gasteiger partial charge in [-0.15, -0.1) is 0 Å². The van der Waals surface area contributed by atoms with Crippen LogP contribution in [0.2, 0.25) is 0 Å². The molecule has 1 aromatic carbocycles. The Kier molecular flexibility index (Phi) is 8.12. The highest BCUT2D eigenvalue weighted by Crippen LogP contribution is 2.47. The van der Waals surface area contributed by atoms with E-state index >= 15 is 0 Å². The molecule has 8 nitrogen and oxygen atoms in total. The molecular weight excluding hydrogens is 456 g/mol. The Labute approximate surface area is 214 Å². The summed E-state index contributed by atoms with van der Waals surface area (Å²) in [6.07, 6.45) is 9.89. The van der Waals surface area contributed by atoms with Crippen molar-refractivity contribution in [1.82, 2.24) is 14.8 Å². The summed E-state index contributed by atoms with van der Waals surface area (Å²) in [6.45, 7) is 6.63. The minimum atomic E-state index is 0.419. The third-order valence-electron chi connectivity index (χ3n) is 7.97. The second kappa shape index (κ2) is 11.6. The van der Waals surface area contributed by atoms with E-state index in [-0.39, 0.29) is 0 Å². The maximum absolute atomic E-state index is 11.6. The van der Waals surface area contributed by atoms with E-state index in [0.29, 0.717) is 36.4 Å². The molecular formula is C28H40N4O4. The monoisotopic (exact) mass is 496 g/mol. The molecule has 0 unspecified atom stereocenters. The SMILES string of the molecule is COc1c(OCCCN2CCCC2)cc2nc(NC3CCN(C)CC3)c3c(c2c1OC=O)CCCC3. The van der Waals surface area contributed by atoms with E-state index in [9.17, 15) is 4.79 Å². The van der Waals surface area contributed by atoms with Crippen molar-refractivity contribution in [2.24, 2.45) is 0 Å². The number of nitrogens with one attached hydrogen (secondary N) is 1. The van der Waals surface area contributed by atoms with Gasteiger partial charge in [-0.3, -0.25) is 4.79 Å². The molecule has 2 aromatic rings. The van der Waals surface area contributed by atoms with Crippen LogP contribution >= 0.6 is 0 Å². The topological polar surface area (TPSA) is 76.2 Å². The number of fused-ring (bicyclic) bond motifs is 3. The number of rotatable bonds is 10. The fourth-order valence-corrected chi connectivity index (χ4v) is 6.02. The van der Waals surface area contributed by atoms with Gasteiger partial charge < -0.3 is 29.3 Å². The minimum Gasteiger partial charge on any atom is -0.490 e. The molecule has 5 rings (SSSR count). The Morgan fingerprint density at radius 3 is 2.53 bits per heavy atom. The zero-order chi connectivity index (χ0) is 24.9. The molecule has 0 radical (unpaired) electrons. The molecule has 1 N–H and O–H groups in total. The first kappa shape index (κ1) is 25.1. The first-order valence-electron chi connectivity index (χ1n) is 13.6. The minimum absolute atomic E-state index is 0.419. The Morgan fingerprint density at radius 2 is 1.81 bits per heavy atom. The zero-order valence-electron chi connectivity index (χ0n) is 21.8. The zero-order valence-corrected chi connectivity index (χ0v) is 21.8. The average Bonchev–Trinajstić information content (AvgIpc) is 3.42. The van der Waals surface area contributed by atoms with Gasteiger partial charge >= 0.3 is 0 Å². The van der Waals surface area contributed by atoms with Gasteiger partial charge in [-0.05, 0) is 102 Å². The van der Waals surface area contributed by atoms with Gasteiger partial charge in [0, 0.05) is 18.7 Å². The number of likely N-dealkylation sites (tertiary alicyclic amines) is 2. The molecule has 0 atom stereocenters. The quantitative estimate of drug-likeness (QED) is 0.390. The van der Waals surface area contributed by atoms with Crippen molar-refractivity contribution in [2.45, 2.75) is 63.8 Å². The summed E-state index contributed by atoms with van der Waals surface area (Å²) in [4.78, 5) is 21.5. The third kappa shape index (κ3) is 5.39. The molecule has 8 heteroatoms. The number of methoxy groups -OCH3 is 1. The van der Waals surface area contributed by atoms with Crippen molar-refractivity contribution >= 4 is 23.2 Å². The molecule has 3 aliphatic rings. The molecule has 2 saturated heterocycles. The number of hydrogen-bond acceptors (Lipinski definition) is 8. The van der Waals surface area contributed by atoms with E-state index in [1.54, 1.807) is 7.11 Å². The summed E-state index contributed by atoms with van der Waals surface area (Å²) in [5.41, 5.74) is 3.26. The highest BCUT2D eigenvalue weighted by atomic mass is 16.6. The van der Waals surface area contributed by atoms with Crippen LogP contribution in [0.5, 0.6) is 17.2 Å². The Balaban J connectivity index is 1.48. The van der Waals surface area contributed by atoms with Crippen molar-refractivity contribution in [2.75, 3.05) is 58.8 Å². The van der Waals surface area contributed by atoms with Gasteiger partial charge in [-0.1, -0.05) is 0 Å². The number of benzene rings is 1. The van der Waals surface area contributed by atoms with Crippen molar-refractivity contribution in [3.63, 3.8) is 0 Å². The smallest absolute Gasteiger partial charge is 0.298 e. The average molecular weight is 497 g/mol. The van der Waals surface area contributed by atoms with Gasteiger partial charge in [0.15, 0.2) is 11.5 Å². The lowest BCUT2D eigenvalue weighted by atomic mass is 9.88. The molecule has 2 aliphatic heterocycles. The maximum Gasteiger partial charge on any atom is 0.298 e. The van der Waals surface area contributed by atoms with Crippen LogP contribution in [-0.2, 0) is 17.6 Å². The van der Waals surface area contributed by atoms with Crippen LogP contribution in [-0.4, -0.2) is 80.8 Å². The van der Waals surface area contributed by atoms with Gasteiger partial charge in [-0.25, -0.2) is 4.98 Å². The van der Waals surface area contributed by atoms with Gasteiger partial charge in [0.05, 0.1) is 24.6 Å². The Morgan fingerprint density at radius 1 is 1.06 bits per heavy atom. The van der Waals surface area contributed by atoms with Crippen LogP contribution in [0.1, 0.15) is 56.1 Å². The fraction of sp³-hybridized carbons (Fsp3) is 0.643. The summed E-state index contributed by atoms with van der Waals surface area (Å²) in [5, 5.41) is 4.66. The Bertz CT molecular complexity index is 1060. The van der Waals surface area contributed by atoms with Gasteiger partial charge in [0.1, 0.15) is 5.82 Å². The van der Waals surface area contributed by atoms with Crippen molar-refractivity contribution in [3.05, 3.63) is 17.2 Å². The number of carbonyl (C=O) groups is 1. The molecule has 0 bridgehead atoms. The second-order valence-corrected chi connectivity index (χ2v) is 10.4. The van der Waals surface area contributed by atoms with Crippen molar-refractivity contribution in [1.29, 1.82) is 0 Å². The molecule has 0 spiro atoms. The van der Waals surface area contributed by atoms with Crippen LogP contribution < -0.4 is 19.5 Å². The number of aromatic nitrogens is 1. The number of piperidine rings is 1. The lowest BCUT2D eigenvalue weighted by molar-refractivity contribution is -0.120. The summed E-state index contributed by atoms with van der Waals surface area (Å²) < 4.78 is 17.5. The number of pyridine rings is 1. The summed E-state index contributed by atoms with van der Waals surface area (Å²) in [7, 11) is 3.78. The maximum atomic E-state index is 11.6. The standard InChI is InChI=1S/C28H40N4O4/c1-31-15-10-20(11-16-31)29-28-22-9-4-3-8-21(22)25-23(30-28)18-24(26(34-2)27(25)36-19-33)35-17-7-14-32-12-5-6-13-32/h18-20H,3-17H2,1-2H3,(H,29,30). The normalized spacial score (nSPS) is 19.3. The van der Waals surface area contributed by atoms with Crippen LogP contribution in [0.15, 0.2) is 6.07 Å². The largest absolute Gasteiger partial charge is 0.490 e. The highest BCUT2D eigenvalue weighted by molar-refractivity contribution is 5.96. The number of carbonyl (C=O) groups excluding carboxylic acids is 1. The first-order valence-corrected chi connectivity index (χ1v) is 13.6. The molecule has 1 aliphatic carbocycles. The number of ether oxygens (including phenoxy) is 3. The number of nitrogens with zero attached hydrogens (tertiary/aromatic N) is 3. The predicted octanol–water partition coefficient (Wildman–Crippen LogP) is 4.03. The molecule has 2 fully saturated rings. The third-order valence-corrected chi connectivity index (χ3v) is 7.97. The molecule has 196 valence electrons. The summed E-state index contributed by atoms with van der Waals surface area (Å²) >= 11 is 0. The lowest BCUT2D eigenvalue weighted by Crippen LogP contribution is -2.37. The van der Waals surface area contributed by atoms with Crippen LogP contribution in [0, 0.1) is 0 Å². The lowest BCUT2D eigenvalue weighted by Gasteiger charge is -2.31. The van der Waals surface area contributed by atoms with E-state index in [2.05, 4.69) is 22.2 Å². The van der Waals surface area contributed by atoms with E-state index in [0.717, 1.165) is 81.3 Å². The van der Waals surface area contributed by atoms with E-state index < -0.39 is 0 Å². The van der Waals surface area contributed by atoms with E-state index in [4.69, 9.17) is 19.2 Å². The highest BCUT2D eigenvalue weighted by Gasteiger charge is 2.27. The summed E-state index contributed by atoms with van der Waals surface area (Å²) in [6, 6.07) is 2.39. The van der Waals surface area contributed by atoms with Crippen LogP contribution in [0.25, 0.3) is 10.9 Å². The predicted molar refractivity (Wildman–Crippen MR) is 142 cm³/mol. The number of anilines is 1. The van der Waals surface area contributed by atoms with Crippen molar-refractivity contribution < 1.29 is 19.0 Å². The molecule has 3 heterocycles. The Hall–Kier alpha value is -2.58. The van der Waals surface area contributed by atoms with E-state index in [1.165, 1.54) is 37.1 Å². The van der Waals surface area contributed by atoms with Gasteiger partial charge in [0.2, 0.25) is 5.75 Å². The molecule has 0 amide bonds. The fourth-order valence-electron chi connectivity index (χ4n) is 6.02. The summed E-state index contributed by atoms with van der Waals surface area (Å²) in [5.74, 6) is 2.46. The molecule has 36 heavy (non-hydrogen) atoms. The van der Waals surface area contributed by atoms with E-state index in [1.807, 2.05) is 6.07 Å². The van der Waals surface area contributed by atoms with Crippen LogP contribution in [0.3, 0.4) is 0 Å². The second-order valence-electron chi connectivity index (χ2n) is 10.4. The van der Waals surface area contributed by atoms with Crippen LogP contribution in [0.4, 0.5) is 5.82 Å². The van der Waals surface area contributed by atoms with Gasteiger partial charge in [-0.2, -0.15) is 0 Å². The first-order chi connectivity index (χ1) is 17.7. The van der Waals surface area contributed by atoms with Gasteiger partial charge in [0.25, 0.3) is 6.47 Å².